The Morgan fingerprint density at radius 2 is 2.00 bits per heavy atom. The van der Waals surface area contributed by atoms with Crippen LogP contribution in [0.15, 0.2) is 53.8 Å². The standard InChI is InChI=1S/C18H16N4O/c1-12-17(22-11-5-4-8-16(22)19-12)18(23)21-20-15-10-9-13-6-2-3-7-14(13)15/h2-8,11H,9-10H2,1H3,(H,21,23). The third kappa shape index (κ3) is 2.30. The molecule has 1 aliphatic carbocycles. The van der Waals surface area contributed by atoms with E-state index in [1.165, 1.54) is 5.56 Å². The lowest BCUT2D eigenvalue weighted by Gasteiger charge is -2.03. The summed E-state index contributed by atoms with van der Waals surface area (Å²) >= 11 is 0. The number of rotatable bonds is 2. The van der Waals surface area contributed by atoms with Crippen LogP contribution in [-0.4, -0.2) is 21.0 Å². The van der Waals surface area contributed by atoms with Crippen molar-refractivity contribution in [2.45, 2.75) is 19.8 Å². The molecule has 1 aliphatic rings. The van der Waals surface area contributed by atoms with Gasteiger partial charge < -0.3 is 0 Å². The molecule has 1 N–H and O–H groups in total. The fourth-order valence-electron chi connectivity index (χ4n) is 3.08. The van der Waals surface area contributed by atoms with Crippen molar-refractivity contribution in [2.75, 3.05) is 0 Å². The van der Waals surface area contributed by atoms with Gasteiger partial charge in [0.25, 0.3) is 5.91 Å². The van der Waals surface area contributed by atoms with E-state index in [1.54, 1.807) is 4.40 Å². The van der Waals surface area contributed by atoms with E-state index in [0.29, 0.717) is 11.4 Å². The molecule has 1 aromatic carbocycles. The summed E-state index contributed by atoms with van der Waals surface area (Å²) in [5, 5.41) is 4.34. The number of imidazole rings is 1. The number of benzene rings is 1. The van der Waals surface area contributed by atoms with Crippen molar-refractivity contribution in [3.63, 3.8) is 0 Å². The number of aromatic nitrogens is 2. The molecule has 0 radical (unpaired) electrons. The van der Waals surface area contributed by atoms with Crippen molar-refractivity contribution in [1.82, 2.24) is 14.8 Å². The molecule has 2 aromatic heterocycles. The van der Waals surface area contributed by atoms with Crippen LogP contribution in [0.4, 0.5) is 0 Å². The fourth-order valence-corrected chi connectivity index (χ4v) is 3.08. The number of carbonyl (C=O) groups excluding carboxylic acids is 1. The number of fused-ring (bicyclic) bond motifs is 2. The van der Waals surface area contributed by atoms with Crippen molar-refractivity contribution < 1.29 is 4.79 Å². The third-order valence-electron chi connectivity index (χ3n) is 4.17. The quantitative estimate of drug-likeness (QED) is 0.740. The zero-order valence-corrected chi connectivity index (χ0v) is 12.8. The SMILES string of the molecule is Cc1nc2ccccn2c1C(=O)NN=C1CCc2ccccc21. The minimum atomic E-state index is -0.238. The van der Waals surface area contributed by atoms with Gasteiger partial charge in [0.05, 0.1) is 11.4 Å². The van der Waals surface area contributed by atoms with Crippen LogP contribution >= 0.6 is 0 Å². The van der Waals surface area contributed by atoms with E-state index in [4.69, 9.17) is 0 Å². The molecule has 0 bridgehead atoms. The first kappa shape index (κ1) is 13.7. The van der Waals surface area contributed by atoms with Gasteiger partial charge in [0.2, 0.25) is 0 Å². The van der Waals surface area contributed by atoms with Gasteiger partial charge in [0.1, 0.15) is 11.3 Å². The summed E-state index contributed by atoms with van der Waals surface area (Å²) in [5.74, 6) is -0.238. The van der Waals surface area contributed by atoms with Gasteiger partial charge in [-0.05, 0) is 37.5 Å². The van der Waals surface area contributed by atoms with Gasteiger partial charge in [-0.15, -0.1) is 0 Å². The number of hydrazone groups is 1. The maximum atomic E-state index is 12.5. The Labute approximate surface area is 133 Å². The van der Waals surface area contributed by atoms with Crippen LogP contribution in [0.1, 0.15) is 33.7 Å². The van der Waals surface area contributed by atoms with Gasteiger partial charge in [-0.3, -0.25) is 9.20 Å². The fraction of sp³-hybridized carbons (Fsp3) is 0.167. The minimum Gasteiger partial charge on any atom is -0.295 e. The molecular weight excluding hydrogens is 288 g/mol. The monoisotopic (exact) mass is 304 g/mol. The molecule has 114 valence electrons. The molecule has 23 heavy (non-hydrogen) atoms. The van der Waals surface area contributed by atoms with Crippen molar-refractivity contribution in [3.8, 4) is 0 Å². The van der Waals surface area contributed by atoms with Gasteiger partial charge >= 0.3 is 0 Å². The predicted octanol–water partition coefficient (Wildman–Crippen LogP) is 2.72. The molecule has 4 rings (SSSR count). The first-order valence-electron chi connectivity index (χ1n) is 7.63. The topological polar surface area (TPSA) is 58.8 Å². The van der Waals surface area contributed by atoms with E-state index < -0.39 is 0 Å². The predicted molar refractivity (Wildman–Crippen MR) is 88.7 cm³/mol. The molecule has 5 nitrogen and oxygen atoms in total. The molecule has 5 heteroatoms. The van der Waals surface area contributed by atoms with Crippen molar-refractivity contribution >= 4 is 17.3 Å². The number of amides is 1. The van der Waals surface area contributed by atoms with Gasteiger partial charge in [0, 0.05) is 11.8 Å². The number of hydrogen-bond donors (Lipinski definition) is 1. The van der Waals surface area contributed by atoms with Crippen LogP contribution in [0.2, 0.25) is 0 Å². The van der Waals surface area contributed by atoms with Crippen LogP contribution in [0.5, 0.6) is 0 Å². The van der Waals surface area contributed by atoms with E-state index in [2.05, 4.69) is 21.6 Å². The molecule has 0 saturated heterocycles. The molecule has 3 aromatic rings. The maximum Gasteiger partial charge on any atom is 0.290 e. The molecule has 0 aliphatic heterocycles. The molecule has 1 amide bonds. The first-order chi connectivity index (χ1) is 11.2. The van der Waals surface area contributed by atoms with E-state index in [-0.39, 0.29) is 5.91 Å². The molecule has 0 spiro atoms. The highest BCUT2D eigenvalue weighted by Crippen LogP contribution is 2.21. The minimum absolute atomic E-state index is 0.238. The summed E-state index contributed by atoms with van der Waals surface area (Å²) in [6, 6.07) is 13.8. The van der Waals surface area contributed by atoms with Crippen LogP contribution in [0.3, 0.4) is 0 Å². The number of nitrogens with zero attached hydrogens (tertiary/aromatic N) is 3. The van der Waals surface area contributed by atoms with E-state index >= 15 is 0 Å². The summed E-state index contributed by atoms with van der Waals surface area (Å²) in [7, 11) is 0. The van der Waals surface area contributed by atoms with Crippen molar-refractivity contribution in [1.29, 1.82) is 0 Å². The zero-order chi connectivity index (χ0) is 15.8. The largest absolute Gasteiger partial charge is 0.295 e. The van der Waals surface area contributed by atoms with Crippen LogP contribution in [0.25, 0.3) is 5.65 Å². The molecule has 0 atom stereocenters. The lowest BCUT2D eigenvalue weighted by molar-refractivity contribution is 0.0948. The second-order valence-electron chi connectivity index (χ2n) is 5.63. The lowest BCUT2D eigenvalue weighted by atomic mass is 10.1. The highest BCUT2D eigenvalue weighted by molar-refractivity contribution is 6.05. The highest BCUT2D eigenvalue weighted by atomic mass is 16.2. The summed E-state index contributed by atoms with van der Waals surface area (Å²) in [5.41, 5.74) is 8.01. The second kappa shape index (κ2) is 5.35. The molecular formula is C18H16N4O. The first-order valence-corrected chi connectivity index (χ1v) is 7.63. The van der Waals surface area contributed by atoms with Crippen molar-refractivity contribution in [2.24, 2.45) is 5.10 Å². The summed E-state index contributed by atoms with van der Waals surface area (Å²) < 4.78 is 1.79. The molecule has 0 fully saturated rings. The van der Waals surface area contributed by atoms with Crippen LogP contribution in [-0.2, 0) is 6.42 Å². The number of carbonyl (C=O) groups is 1. The number of pyridine rings is 1. The highest BCUT2D eigenvalue weighted by Gasteiger charge is 2.19. The normalized spacial score (nSPS) is 15.1. The van der Waals surface area contributed by atoms with E-state index in [9.17, 15) is 4.79 Å². The van der Waals surface area contributed by atoms with E-state index in [1.807, 2.05) is 49.5 Å². The average Bonchev–Trinajstić information content (AvgIpc) is 3.12. The Balaban J connectivity index is 1.64. The smallest absolute Gasteiger partial charge is 0.290 e. The lowest BCUT2D eigenvalue weighted by Crippen LogP contribution is -2.22. The molecule has 2 heterocycles. The third-order valence-corrected chi connectivity index (χ3v) is 4.17. The summed E-state index contributed by atoms with van der Waals surface area (Å²) in [4.78, 5) is 16.9. The molecule has 0 saturated carbocycles. The van der Waals surface area contributed by atoms with Gasteiger partial charge in [-0.25, -0.2) is 10.4 Å². The number of aryl methyl sites for hydroxylation is 2. The van der Waals surface area contributed by atoms with Gasteiger partial charge in [0.15, 0.2) is 0 Å². The van der Waals surface area contributed by atoms with E-state index in [0.717, 1.165) is 29.8 Å². The van der Waals surface area contributed by atoms with Crippen LogP contribution < -0.4 is 5.43 Å². The van der Waals surface area contributed by atoms with Gasteiger partial charge in [-0.2, -0.15) is 5.10 Å². The second-order valence-corrected chi connectivity index (χ2v) is 5.63. The number of hydrogen-bond acceptors (Lipinski definition) is 3. The Kier molecular flexibility index (Phi) is 3.19. The summed E-state index contributed by atoms with van der Waals surface area (Å²) in [6.45, 7) is 1.83. The Hall–Kier alpha value is -2.95. The number of nitrogens with one attached hydrogen (secondary N) is 1. The summed E-state index contributed by atoms with van der Waals surface area (Å²) in [6.07, 6.45) is 3.66. The Morgan fingerprint density at radius 1 is 1.17 bits per heavy atom. The Morgan fingerprint density at radius 3 is 2.91 bits per heavy atom. The zero-order valence-electron chi connectivity index (χ0n) is 12.8. The van der Waals surface area contributed by atoms with Crippen molar-refractivity contribution in [3.05, 3.63) is 71.2 Å². The maximum absolute atomic E-state index is 12.5. The van der Waals surface area contributed by atoms with Crippen LogP contribution in [0, 0.1) is 6.92 Å². The Bertz CT molecular complexity index is 939. The average molecular weight is 304 g/mol. The van der Waals surface area contributed by atoms with Gasteiger partial charge in [-0.1, -0.05) is 30.3 Å². The molecule has 0 unspecified atom stereocenters.